The van der Waals surface area contributed by atoms with Gasteiger partial charge in [0.25, 0.3) is 11.8 Å². The molecule has 0 bridgehead atoms. The van der Waals surface area contributed by atoms with Gasteiger partial charge in [-0.25, -0.2) is 0 Å². The fraction of sp³-hybridized carbons (Fsp3) is 0.435. The zero-order valence-electron chi connectivity index (χ0n) is 17.5. The van der Waals surface area contributed by atoms with Crippen LogP contribution in [-0.2, 0) is 0 Å². The zero-order valence-corrected chi connectivity index (χ0v) is 17.5. The highest BCUT2D eigenvalue weighted by molar-refractivity contribution is 6.05. The van der Waals surface area contributed by atoms with Crippen molar-refractivity contribution in [3.63, 3.8) is 0 Å². The van der Waals surface area contributed by atoms with Gasteiger partial charge in [-0.2, -0.15) is 0 Å². The summed E-state index contributed by atoms with van der Waals surface area (Å²) in [4.78, 5) is 33.3. The van der Waals surface area contributed by atoms with Gasteiger partial charge >= 0.3 is 0 Å². The summed E-state index contributed by atoms with van der Waals surface area (Å²) >= 11 is 0. The normalized spacial score (nSPS) is 14.5. The Morgan fingerprint density at radius 1 is 1.07 bits per heavy atom. The minimum atomic E-state index is -0.272. The number of carbonyl (C=O) groups is 2. The van der Waals surface area contributed by atoms with E-state index in [0.717, 1.165) is 24.7 Å². The monoisotopic (exact) mass is 394 g/mol. The molecule has 6 nitrogen and oxygen atoms in total. The lowest BCUT2D eigenvalue weighted by Crippen LogP contribution is -2.32. The van der Waals surface area contributed by atoms with Crippen LogP contribution in [0.4, 0.5) is 11.4 Å². The van der Waals surface area contributed by atoms with Gasteiger partial charge in [-0.05, 0) is 62.9 Å². The summed E-state index contributed by atoms with van der Waals surface area (Å²) in [5.41, 5.74) is 2.71. The van der Waals surface area contributed by atoms with Crippen molar-refractivity contribution in [1.82, 2.24) is 9.88 Å². The van der Waals surface area contributed by atoms with Crippen molar-refractivity contribution in [2.75, 3.05) is 36.4 Å². The quantitative estimate of drug-likeness (QED) is 0.803. The van der Waals surface area contributed by atoms with Crippen LogP contribution in [0, 0.1) is 5.92 Å². The first-order valence-electron chi connectivity index (χ1n) is 10.4. The van der Waals surface area contributed by atoms with Crippen molar-refractivity contribution in [2.24, 2.45) is 5.92 Å². The summed E-state index contributed by atoms with van der Waals surface area (Å²) in [5.74, 6) is 0.409. The van der Waals surface area contributed by atoms with Crippen molar-refractivity contribution in [3.05, 3.63) is 53.9 Å². The number of amides is 2. The van der Waals surface area contributed by atoms with Gasteiger partial charge in [-0.15, -0.1) is 0 Å². The van der Waals surface area contributed by atoms with Crippen LogP contribution in [0.1, 0.15) is 54.3 Å². The molecule has 1 aromatic carbocycles. The van der Waals surface area contributed by atoms with E-state index in [1.807, 2.05) is 38.1 Å². The number of anilines is 2. The van der Waals surface area contributed by atoms with E-state index in [0.29, 0.717) is 24.2 Å². The van der Waals surface area contributed by atoms with Crippen molar-refractivity contribution in [1.29, 1.82) is 0 Å². The highest BCUT2D eigenvalue weighted by Gasteiger charge is 2.17. The summed E-state index contributed by atoms with van der Waals surface area (Å²) in [5, 5.41) is 2.90. The fourth-order valence-corrected chi connectivity index (χ4v) is 3.60. The van der Waals surface area contributed by atoms with E-state index >= 15 is 0 Å². The third-order valence-electron chi connectivity index (χ3n) is 5.57. The molecule has 6 heteroatoms. The molecule has 1 saturated heterocycles. The molecule has 1 aliphatic rings. The first-order valence-corrected chi connectivity index (χ1v) is 10.4. The highest BCUT2D eigenvalue weighted by Crippen LogP contribution is 2.24. The SMILES string of the molecule is CCN(CC)C(=O)c1cncc(C(=O)Nc2ccc(N3CCC(C)CC3)cc2)c1. The fourth-order valence-electron chi connectivity index (χ4n) is 3.60. The Kier molecular flexibility index (Phi) is 6.86. The van der Waals surface area contributed by atoms with Crippen LogP contribution in [0.25, 0.3) is 0 Å². The van der Waals surface area contributed by atoms with E-state index < -0.39 is 0 Å². The number of rotatable bonds is 6. The van der Waals surface area contributed by atoms with Gasteiger partial charge in [0.15, 0.2) is 0 Å². The van der Waals surface area contributed by atoms with Crippen LogP contribution in [-0.4, -0.2) is 47.9 Å². The third-order valence-corrected chi connectivity index (χ3v) is 5.57. The molecule has 0 saturated carbocycles. The molecule has 29 heavy (non-hydrogen) atoms. The lowest BCUT2D eigenvalue weighted by atomic mass is 9.99. The van der Waals surface area contributed by atoms with Crippen LogP contribution in [0.3, 0.4) is 0 Å². The van der Waals surface area contributed by atoms with Gasteiger partial charge in [-0.1, -0.05) is 6.92 Å². The molecule has 2 aromatic rings. The lowest BCUT2D eigenvalue weighted by molar-refractivity contribution is 0.0772. The van der Waals surface area contributed by atoms with E-state index in [2.05, 4.69) is 22.1 Å². The number of hydrogen-bond donors (Lipinski definition) is 1. The lowest BCUT2D eigenvalue weighted by Gasteiger charge is -2.32. The molecular formula is C23H30N4O2. The van der Waals surface area contributed by atoms with Crippen LogP contribution >= 0.6 is 0 Å². The van der Waals surface area contributed by atoms with Gasteiger partial charge in [0.2, 0.25) is 0 Å². The molecule has 0 atom stereocenters. The molecule has 0 spiro atoms. The van der Waals surface area contributed by atoms with Crippen molar-refractivity contribution >= 4 is 23.2 Å². The average molecular weight is 395 g/mol. The number of piperidine rings is 1. The Morgan fingerprint density at radius 3 is 2.31 bits per heavy atom. The van der Waals surface area contributed by atoms with E-state index in [4.69, 9.17) is 0 Å². The predicted molar refractivity (Wildman–Crippen MR) is 116 cm³/mol. The summed E-state index contributed by atoms with van der Waals surface area (Å²) in [6.45, 7) is 9.55. The summed E-state index contributed by atoms with van der Waals surface area (Å²) in [6, 6.07) is 9.54. The molecule has 0 aliphatic carbocycles. The van der Waals surface area contributed by atoms with Gasteiger partial charge in [0.1, 0.15) is 0 Å². The minimum Gasteiger partial charge on any atom is -0.372 e. The third kappa shape index (κ3) is 5.13. The Labute approximate surface area is 172 Å². The van der Waals surface area contributed by atoms with Crippen LogP contribution < -0.4 is 10.2 Å². The maximum atomic E-state index is 12.6. The van der Waals surface area contributed by atoms with E-state index in [1.54, 1.807) is 11.0 Å². The minimum absolute atomic E-state index is 0.114. The predicted octanol–water partition coefficient (Wildman–Crippen LogP) is 4.05. The van der Waals surface area contributed by atoms with Gasteiger partial charge in [0.05, 0.1) is 11.1 Å². The molecule has 1 N–H and O–H groups in total. The smallest absolute Gasteiger partial charge is 0.257 e. The molecule has 1 aliphatic heterocycles. The van der Waals surface area contributed by atoms with Gasteiger partial charge < -0.3 is 15.1 Å². The topological polar surface area (TPSA) is 65.5 Å². The van der Waals surface area contributed by atoms with E-state index in [1.165, 1.54) is 30.9 Å². The second-order valence-electron chi connectivity index (χ2n) is 7.61. The average Bonchev–Trinajstić information content (AvgIpc) is 2.76. The molecule has 2 amide bonds. The molecule has 154 valence electrons. The summed E-state index contributed by atoms with van der Waals surface area (Å²) in [6.07, 6.45) is 5.42. The number of aromatic nitrogens is 1. The van der Waals surface area contributed by atoms with Crippen molar-refractivity contribution < 1.29 is 9.59 Å². The standard InChI is InChI=1S/C23H30N4O2/c1-4-26(5-2)23(29)19-14-18(15-24-16-19)22(28)25-20-6-8-21(9-7-20)27-12-10-17(3)11-13-27/h6-9,14-17H,4-5,10-13H2,1-3H3,(H,25,28). The van der Waals surface area contributed by atoms with Gasteiger partial charge in [-0.3, -0.25) is 14.6 Å². The molecule has 0 radical (unpaired) electrons. The molecule has 2 heterocycles. The van der Waals surface area contributed by atoms with Crippen LogP contribution in [0.15, 0.2) is 42.7 Å². The second-order valence-corrected chi connectivity index (χ2v) is 7.61. The molecule has 1 fully saturated rings. The number of pyridine rings is 1. The van der Waals surface area contributed by atoms with Crippen molar-refractivity contribution in [3.8, 4) is 0 Å². The Bertz CT molecular complexity index is 838. The van der Waals surface area contributed by atoms with Gasteiger partial charge in [0, 0.05) is 49.9 Å². The molecule has 0 unspecified atom stereocenters. The number of nitrogens with zero attached hydrogens (tertiary/aromatic N) is 3. The first kappa shape index (κ1) is 20.8. The van der Waals surface area contributed by atoms with E-state index in [-0.39, 0.29) is 11.8 Å². The number of nitrogens with one attached hydrogen (secondary N) is 1. The highest BCUT2D eigenvalue weighted by atomic mass is 16.2. The number of benzene rings is 1. The summed E-state index contributed by atoms with van der Waals surface area (Å²) in [7, 11) is 0. The molecule has 1 aromatic heterocycles. The number of hydrogen-bond acceptors (Lipinski definition) is 4. The Hall–Kier alpha value is -2.89. The van der Waals surface area contributed by atoms with Crippen LogP contribution in [0.5, 0.6) is 0 Å². The van der Waals surface area contributed by atoms with Crippen LogP contribution in [0.2, 0.25) is 0 Å². The first-order chi connectivity index (χ1) is 14.0. The summed E-state index contributed by atoms with van der Waals surface area (Å²) < 4.78 is 0. The number of carbonyl (C=O) groups excluding carboxylic acids is 2. The largest absolute Gasteiger partial charge is 0.372 e. The molecular weight excluding hydrogens is 364 g/mol. The maximum Gasteiger partial charge on any atom is 0.257 e. The Balaban J connectivity index is 1.66. The maximum absolute atomic E-state index is 12.6. The Morgan fingerprint density at radius 2 is 1.69 bits per heavy atom. The van der Waals surface area contributed by atoms with E-state index in [9.17, 15) is 9.59 Å². The second kappa shape index (κ2) is 9.54. The van der Waals surface area contributed by atoms with Crippen molar-refractivity contribution in [2.45, 2.75) is 33.6 Å². The zero-order chi connectivity index (χ0) is 20.8. The molecule has 3 rings (SSSR count).